The van der Waals surface area contributed by atoms with Crippen molar-refractivity contribution in [2.75, 3.05) is 0 Å². The van der Waals surface area contributed by atoms with Crippen LogP contribution in [0.1, 0.15) is 20.0 Å². The lowest BCUT2D eigenvalue weighted by molar-refractivity contribution is 0.0698. The maximum Gasteiger partial charge on any atom is 0.337 e. The molecule has 0 aliphatic carbocycles. The van der Waals surface area contributed by atoms with Crippen LogP contribution in [0.25, 0.3) is 11.3 Å². The summed E-state index contributed by atoms with van der Waals surface area (Å²) in [6.07, 6.45) is 1.30. The van der Waals surface area contributed by atoms with Crippen molar-refractivity contribution in [3.63, 3.8) is 0 Å². The van der Waals surface area contributed by atoms with E-state index >= 15 is 0 Å². The van der Waals surface area contributed by atoms with Crippen LogP contribution in [0.3, 0.4) is 0 Å². The first-order chi connectivity index (χ1) is 7.61. The molecule has 0 aliphatic rings. The van der Waals surface area contributed by atoms with Gasteiger partial charge in [0, 0.05) is 17.0 Å². The van der Waals surface area contributed by atoms with Gasteiger partial charge in [-0.3, -0.25) is 4.79 Å². The monoisotopic (exact) mass is 238 g/mol. The summed E-state index contributed by atoms with van der Waals surface area (Å²) in [5, 5.41) is 13.9. The van der Waals surface area contributed by atoms with Gasteiger partial charge >= 0.3 is 5.97 Å². The molecule has 2 aromatic heterocycles. The minimum atomic E-state index is -1.14. The van der Waals surface area contributed by atoms with Gasteiger partial charge in [-0.1, -0.05) is 5.16 Å². The number of amides is 1. The van der Waals surface area contributed by atoms with E-state index < -0.39 is 11.9 Å². The molecular weight excluding hydrogens is 232 g/mol. The van der Waals surface area contributed by atoms with Gasteiger partial charge in [0.2, 0.25) is 0 Å². The summed E-state index contributed by atoms with van der Waals surface area (Å²) in [6, 6.07) is 1.47. The van der Waals surface area contributed by atoms with Crippen molar-refractivity contribution in [2.24, 2.45) is 5.73 Å². The Bertz CT molecular complexity index is 512. The van der Waals surface area contributed by atoms with E-state index in [9.17, 15) is 9.59 Å². The lowest BCUT2D eigenvalue weighted by atomic mass is 10.1. The fourth-order valence-electron chi connectivity index (χ4n) is 1.29. The Kier molecular flexibility index (Phi) is 2.45. The van der Waals surface area contributed by atoms with E-state index in [0.717, 1.165) is 11.3 Å². The van der Waals surface area contributed by atoms with Crippen molar-refractivity contribution in [3.05, 3.63) is 28.2 Å². The zero-order valence-electron chi connectivity index (χ0n) is 7.84. The molecule has 0 saturated heterocycles. The maximum atomic E-state index is 11.1. The Morgan fingerprint density at radius 1 is 1.50 bits per heavy atom. The Morgan fingerprint density at radius 2 is 2.25 bits per heavy atom. The molecule has 0 saturated carbocycles. The normalized spacial score (nSPS) is 10.2. The fourth-order valence-corrected chi connectivity index (χ4v) is 2.20. The van der Waals surface area contributed by atoms with Gasteiger partial charge in [0.05, 0.1) is 5.56 Å². The molecule has 82 valence electrons. The van der Waals surface area contributed by atoms with Crippen LogP contribution in [-0.2, 0) is 0 Å². The molecule has 1 amide bonds. The van der Waals surface area contributed by atoms with Crippen LogP contribution in [-0.4, -0.2) is 22.1 Å². The van der Waals surface area contributed by atoms with Gasteiger partial charge in [0.1, 0.15) is 16.8 Å². The van der Waals surface area contributed by atoms with Crippen molar-refractivity contribution in [2.45, 2.75) is 0 Å². The molecule has 0 atom stereocenters. The molecule has 6 nitrogen and oxygen atoms in total. The highest BCUT2D eigenvalue weighted by Gasteiger charge is 2.23. The van der Waals surface area contributed by atoms with Gasteiger partial charge < -0.3 is 15.4 Å². The summed E-state index contributed by atoms with van der Waals surface area (Å²) in [7, 11) is 0. The first-order valence-corrected chi connectivity index (χ1v) is 5.04. The van der Waals surface area contributed by atoms with E-state index in [1.165, 1.54) is 17.7 Å². The van der Waals surface area contributed by atoms with E-state index in [-0.39, 0.29) is 21.7 Å². The molecule has 0 bridgehead atoms. The second-order valence-electron chi connectivity index (χ2n) is 2.91. The third kappa shape index (κ3) is 1.57. The van der Waals surface area contributed by atoms with Crippen LogP contribution >= 0.6 is 11.3 Å². The zero-order chi connectivity index (χ0) is 11.7. The molecule has 2 heterocycles. The quantitative estimate of drug-likeness (QED) is 0.835. The van der Waals surface area contributed by atoms with Gasteiger partial charge in [-0.25, -0.2) is 4.79 Å². The second-order valence-corrected chi connectivity index (χ2v) is 3.79. The predicted molar refractivity (Wildman–Crippen MR) is 55.3 cm³/mol. The highest BCUT2D eigenvalue weighted by atomic mass is 32.1. The highest BCUT2D eigenvalue weighted by Crippen LogP contribution is 2.31. The smallest absolute Gasteiger partial charge is 0.337 e. The SMILES string of the molecule is NC(=O)c1scc(C(=O)O)c1-c1ccon1. The highest BCUT2D eigenvalue weighted by molar-refractivity contribution is 7.13. The Balaban J connectivity index is 2.68. The van der Waals surface area contributed by atoms with Crippen LogP contribution in [0.4, 0.5) is 0 Å². The zero-order valence-corrected chi connectivity index (χ0v) is 8.65. The Labute approximate surface area is 93.3 Å². The van der Waals surface area contributed by atoms with E-state index in [2.05, 4.69) is 9.68 Å². The number of thiophene rings is 1. The number of aromatic nitrogens is 1. The first-order valence-electron chi connectivity index (χ1n) is 4.16. The second kappa shape index (κ2) is 3.78. The number of carboxylic acids is 1. The van der Waals surface area contributed by atoms with Gasteiger partial charge in [-0.15, -0.1) is 11.3 Å². The number of carbonyl (C=O) groups is 2. The van der Waals surface area contributed by atoms with Gasteiger partial charge in [0.15, 0.2) is 0 Å². The Morgan fingerprint density at radius 3 is 2.75 bits per heavy atom. The largest absolute Gasteiger partial charge is 0.478 e. The number of hydrogen-bond donors (Lipinski definition) is 2. The third-order valence-electron chi connectivity index (χ3n) is 1.94. The van der Waals surface area contributed by atoms with E-state index in [4.69, 9.17) is 10.8 Å². The van der Waals surface area contributed by atoms with Gasteiger partial charge in [0.25, 0.3) is 5.91 Å². The van der Waals surface area contributed by atoms with Crippen LogP contribution in [0.15, 0.2) is 22.2 Å². The number of primary amides is 1. The minimum absolute atomic E-state index is 0.00676. The number of aromatic carboxylic acids is 1. The molecular formula is C9H6N2O4S. The molecule has 0 aromatic carbocycles. The van der Waals surface area contributed by atoms with E-state index in [0.29, 0.717) is 0 Å². The number of nitrogens with two attached hydrogens (primary N) is 1. The van der Waals surface area contributed by atoms with E-state index in [1.54, 1.807) is 0 Å². The number of carbonyl (C=O) groups excluding carboxylic acids is 1. The first kappa shape index (κ1) is 10.4. The number of hydrogen-bond acceptors (Lipinski definition) is 5. The maximum absolute atomic E-state index is 11.1. The van der Waals surface area contributed by atoms with Crippen molar-refractivity contribution in [3.8, 4) is 11.3 Å². The van der Waals surface area contributed by atoms with E-state index in [1.807, 2.05) is 0 Å². The lowest BCUT2D eigenvalue weighted by Crippen LogP contribution is -2.11. The Hall–Kier alpha value is -2.15. The van der Waals surface area contributed by atoms with Crippen molar-refractivity contribution in [1.29, 1.82) is 0 Å². The molecule has 7 heteroatoms. The van der Waals surface area contributed by atoms with Gasteiger partial charge in [-0.2, -0.15) is 0 Å². The summed E-state index contributed by atoms with van der Waals surface area (Å²) in [6.45, 7) is 0. The lowest BCUT2D eigenvalue weighted by Gasteiger charge is -1.97. The summed E-state index contributed by atoms with van der Waals surface area (Å²) >= 11 is 0.974. The molecule has 2 aromatic rings. The molecule has 0 fully saturated rings. The summed E-state index contributed by atoms with van der Waals surface area (Å²) in [4.78, 5) is 22.2. The molecule has 0 radical (unpaired) electrons. The third-order valence-corrected chi connectivity index (χ3v) is 2.93. The number of carboxylic acid groups (broad SMARTS) is 1. The van der Waals surface area contributed by atoms with Crippen molar-refractivity contribution < 1.29 is 19.2 Å². The van der Waals surface area contributed by atoms with Crippen LogP contribution in [0.5, 0.6) is 0 Å². The van der Waals surface area contributed by atoms with Crippen molar-refractivity contribution in [1.82, 2.24) is 5.16 Å². The topological polar surface area (TPSA) is 106 Å². The van der Waals surface area contributed by atoms with Crippen molar-refractivity contribution >= 4 is 23.2 Å². The summed E-state index contributed by atoms with van der Waals surface area (Å²) < 4.78 is 4.62. The summed E-state index contributed by atoms with van der Waals surface area (Å²) in [5.41, 5.74) is 5.64. The standard InChI is InChI=1S/C9H6N2O4S/c10-8(12)7-6(5-1-2-15-11-5)4(3-16-7)9(13)14/h1-3H,(H2,10,12)(H,13,14). The molecule has 3 N–H and O–H groups in total. The summed E-state index contributed by atoms with van der Waals surface area (Å²) in [5.74, 6) is -1.82. The predicted octanol–water partition coefficient (Wildman–Crippen LogP) is 1.20. The molecule has 16 heavy (non-hydrogen) atoms. The van der Waals surface area contributed by atoms with Crippen LogP contribution < -0.4 is 5.73 Å². The minimum Gasteiger partial charge on any atom is -0.478 e. The number of nitrogens with zero attached hydrogens (tertiary/aromatic N) is 1. The molecule has 0 unspecified atom stereocenters. The van der Waals surface area contributed by atoms with Gasteiger partial charge in [-0.05, 0) is 0 Å². The fraction of sp³-hybridized carbons (Fsp3) is 0. The molecule has 0 aliphatic heterocycles. The van der Waals surface area contributed by atoms with Crippen LogP contribution in [0, 0.1) is 0 Å². The average molecular weight is 238 g/mol. The van der Waals surface area contributed by atoms with Crippen LogP contribution in [0.2, 0.25) is 0 Å². The molecule has 0 spiro atoms. The number of rotatable bonds is 3. The molecule has 2 rings (SSSR count). The average Bonchev–Trinajstić information content (AvgIpc) is 2.85.